The molecular formula is C13H16BrN. The molecule has 1 aromatic carbocycles. The van der Waals surface area contributed by atoms with E-state index in [-0.39, 0.29) is 0 Å². The predicted octanol–water partition coefficient (Wildman–Crippen LogP) is 4.40. The van der Waals surface area contributed by atoms with Gasteiger partial charge >= 0.3 is 0 Å². The van der Waals surface area contributed by atoms with E-state index in [0.717, 1.165) is 15.7 Å². The Hall–Kier alpha value is -0.630. The molecule has 1 N–H and O–H groups in total. The summed E-state index contributed by atoms with van der Waals surface area (Å²) >= 11 is 3.46. The van der Waals surface area contributed by atoms with Crippen molar-refractivity contribution in [1.82, 2.24) is 0 Å². The maximum Gasteiger partial charge on any atom is 0.0417 e. The summed E-state index contributed by atoms with van der Waals surface area (Å²) < 4.78 is 1.07. The van der Waals surface area contributed by atoms with Gasteiger partial charge in [-0.15, -0.1) is 0 Å². The second-order valence-electron chi connectivity index (χ2n) is 4.26. The summed E-state index contributed by atoms with van der Waals surface area (Å²) in [6.07, 6.45) is 6.33. The van der Waals surface area contributed by atoms with Crippen molar-refractivity contribution in [3.8, 4) is 0 Å². The summed E-state index contributed by atoms with van der Waals surface area (Å²) in [6, 6.07) is 8.12. The van der Waals surface area contributed by atoms with Gasteiger partial charge in [0, 0.05) is 16.1 Å². The van der Waals surface area contributed by atoms with Gasteiger partial charge in [-0.2, -0.15) is 0 Å². The largest absolute Gasteiger partial charge is 0.304 e. The summed E-state index contributed by atoms with van der Waals surface area (Å²) in [5, 5.41) is 8.20. The highest BCUT2D eigenvalue weighted by Crippen LogP contribution is 2.27. The highest BCUT2D eigenvalue weighted by Gasteiger charge is 2.18. The number of hydrogen-bond acceptors (Lipinski definition) is 1. The molecule has 1 aliphatic rings. The highest BCUT2D eigenvalue weighted by atomic mass is 79.9. The Bertz CT molecular complexity index is 353. The summed E-state index contributed by atoms with van der Waals surface area (Å²) in [5.41, 5.74) is 1.91. The number of benzene rings is 1. The zero-order valence-electron chi connectivity index (χ0n) is 8.80. The Morgan fingerprint density at radius 1 is 1.20 bits per heavy atom. The van der Waals surface area contributed by atoms with E-state index in [1.807, 2.05) is 18.2 Å². The first-order valence-electron chi connectivity index (χ1n) is 5.62. The van der Waals surface area contributed by atoms with Gasteiger partial charge in [0.2, 0.25) is 0 Å². The molecule has 0 radical (unpaired) electrons. The molecule has 0 aliphatic heterocycles. The van der Waals surface area contributed by atoms with Crippen LogP contribution in [0, 0.1) is 11.3 Å². The topological polar surface area (TPSA) is 23.9 Å². The number of hydrogen-bond donors (Lipinski definition) is 1. The molecule has 1 saturated carbocycles. The first-order chi connectivity index (χ1) is 7.27. The van der Waals surface area contributed by atoms with Crippen molar-refractivity contribution >= 4 is 21.6 Å². The van der Waals surface area contributed by atoms with Gasteiger partial charge in [0.05, 0.1) is 0 Å². The van der Waals surface area contributed by atoms with E-state index in [1.165, 1.54) is 32.1 Å². The van der Waals surface area contributed by atoms with E-state index < -0.39 is 0 Å². The average Bonchev–Trinajstić information content (AvgIpc) is 2.29. The molecule has 0 atom stereocenters. The van der Waals surface area contributed by atoms with Gasteiger partial charge in [0.15, 0.2) is 0 Å². The Morgan fingerprint density at radius 3 is 2.60 bits per heavy atom. The Balaban J connectivity index is 2.12. The monoisotopic (exact) mass is 265 g/mol. The predicted molar refractivity (Wildman–Crippen MR) is 67.5 cm³/mol. The first kappa shape index (κ1) is 10.9. The van der Waals surface area contributed by atoms with Crippen molar-refractivity contribution in [1.29, 1.82) is 5.41 Å². The Labute approximate surface area is 99.5 Å². The van der Waals surface area contributed by atoms with E-state index in [4.69, 9.17) is 5.41 Å². The molecule has 1 aromatic rings. The lowest BCUT2D eigenvalue weighted by atomic mass is 9.83. The van der Waals surface area contributed by atoms with Gasteiger partial charge in [-0.05, 0) is 30.5 Å². The molecule has 0 saturated heterocycles. The normalized spacial score (nSPS) is 17.7. The molecule has 2 rings (SSSR count). The summed E-state index contributed by atoms with van der Waals surface area (Å²) in [5.74, 6) is 0.494. The molecule has 0 unspecified atom stereocenters. The SMILES string of the molecule is N=C(c1cccc(Br)c1)C1CCCCC1. The zero-order chi connectivity index (χ0) is 10.7. The van der Waals surface area contributed by atoms with Crippen molar-refractivity contribution in [3.05, 3.63) is 34.3 Å². The van der Waals surface area contributed by atoms with E-state index in [2.05, 4.69) is 22.0 Å². The molecule has 2 heteroatoms. The van der Waals surface area contributed by atoms with Crippen LogP contribution in [0.4, 0.5) is 0 Å². The van der Waals surface area contributed by atoms with Crippen LogP contribution < -0.4 is 0 Å². The molecule has 1 nitrogen and oxygen atoms in total. The number of nitrogens with one attached hydrogen (secondary N) is 1. The van der Waals surface area contributed by atoms with Crippen LogP contribution in [0.3, 0.4) is 0 Å². The van der Waals surface area contributed by atoms with E-state index in [1.54, 1.807) is 0 Å². The molecule has 15 heavy (non-hydrogen) atoms. The van der Waals surface area contributed by atoms with Crippen LogP contribution in [-0.2, 0) is 0 Å². The standard InChI is InChI=1S/C13H16BrN/c14-12-8-4-7-11(9-12)13(15)10-5-2-1-3-6-10/h4,7-10,15H,1-3,5-6H2. The molecule has 1 fully saturated rings. The smallest absolute Gasteiger partial charge is 0.0417 e. The van der Waals surface area contributed by atoms with Crippen LogP contribution in [0.5, 0.6) is 0 Å². The van der Waals surface area contributed by atoms with Gasteiger partial charge in [0.1, 0.15) is 0 Å². The molecule has 0 aromatic heterocycles. The van der Waals surface area contributed by atoms with Crippen LogP contribution in [0.15, 0.2) is 28.7 Å². The molecule has 0 amide bonds. The lowest BCUT2D eigenvalue weighted by Gasteiger charge is -2.22. The Kier molecular flexibility index (Phi) is 3.57. The fourth-order valence-corrected chi connectivity index (χ4v) is 2.68. The highest BCUT2D eigenvalue weighted by molar-refractivity contribution is 9.10. The van der Waals surface area contributed by atoms with Gasteiger partial charge in [0.25, 0.3) is 0 Å². The third-order valence-corrected chi connectivity index (χ3v) is 3.64. The number of rotatable bonds is 2. The van der Waals surface area contributed by atoms with E-state index in [9.17, 15) is 0 Å². The fraction of sp³-hybridized carbons (Fsp3) is 0.462. The minimum atomic E-state index is 0.494. The summed E-state index contributed by atoms with van der Waals surface area (Å²) in [7, 11) is 0. The second kappa shape index (κ2) is 4.93. The van der Waals surface area contributed by atoms with Gasteiger partial charge in [-0.1, -0.05) is 47.3 Å². The molecule has 0 heterocycles. The van der Waals surface area contributed by atoms with Crippen molar-refractivity contribution in [2.24, 2.45) is 5.92 Å². The van der Waals surface area contributed by atoms with Crippen molar-refractivity contribution < 1.29 is 0 Å². The van der Waals surface area contributed by atoms with E-state index in [0.29, 0.717) is 5.92 Å². The van der Waals surface area contributed by atoms with Crippen LogP contribution in [0.2, 0.25) is 0 Å². The second-order valence-corrected chi connectivity index (χ2v) is 5.17. The van der Waals surface area contributed by atoms with Crippen molar-refractivity contribution in [3.63, 3.8) is 0 Å². The molecule has 80 valence electrons. The summed E-state index contributed by atoms with van der Waals surface area (Å²) in [4.78, 5) is 0. The van der Waals surface area contributed by atoms with Gasteiger partial charge < -0.3 is 5.41 Å². The van der Waals surface area contributed by atoms with Crippen molar-refractivity contribution in [2.75, 3.05) is 0 Å². The fourth-order valence-electron chi connectivity index (χ4n) is 2.28. The lowest BCUT2D eigenvalue weighted by molar-refractivity contribution is 0.438. The third-order valence-electron chi connectivity index (χ3n) is 3.15. The molecule has 0 bridgehead atoms. The van der Waals surface area contributed by atoms with Crippen LogP contribution in [0.25, 0.3) is 0 Å². The van der Waals surface area contributed by atoms with E-state index >= 15 is 0 Å². The minimum Gasteiger partial charge on any atom is -0.304 e. The molecule has 1 aliphatic carbocycles. The maximum absolute atomic E-state index is 8.20. The lowest BCUT2D eigenvalue weighted by Crippen LogP contribution is -2.17. The quantitative estimate of drug-likeness (QED) is 0.767. The molecular weight excluding hydrogens is 250 g/mol. The van der Waals surface area contributed by atoms with Gasteiger partial charge in [-0.25, -0.2) is 0 Å². The van der Waals surface area contributed by atoms with Crippen LogP contribution in [0.1, 0.15) is 37.7 Å². The number of halogens is 1. The average molecular weight is 266 g/mol. The third kappa shape index (κ3) is 2.69. The maximum atomic E-state index is 8.20. The minimum absolute atomic E-state index is 0.494. The zero-order valence-corrected chi connectivity index (χ0v) is 10.4. The summed E-state index contributed by atoms with van der Waals surface area (Å²) in [6.45, 7) is 0. The van der Waals surface area contributed by atoms with Crippen LogP contribution in [-0.4, -0.2) is 5.71 Å². The molecule has 0 spiro atoms. The van der Waals surface area contributed by atoms with Crippen molar-refractivity contribution in [2.45, 2.75) is 32.1 Å². The van der Waals surface area contributed by atoms with Gasteiger partial charge in [-0.3, -0.25) is 0 Å². The Morgan fingerprint density at radius 2 is 1.93 bits per heavy atom. The first-order valence-corrected chi connectivity index (χ1v) is 6.41. The van der Waals surface area contributed by atoms with Crippen LogP contribution >= 0.6 is 15.9 Å².